The molecule has 0 unspecified atom stereocenters. The predicted octanol–water partition coefficient (Wildman–Crippen LogP) is 3.65. The molecule has 6 rings (SSSR count). The molecule has 4 heterocycles. The molecule has 10 nitrogen and oxygen atoms in total. The van der Waals surface area contributed by atoms with Crippen molar-refractivity contribution in [3.63, 3.8) is 0 Å². The second kappa shape index (κ2) is 7.69. The summed E-state index contributed by atoms with van der Waals surface area (Å²) in [6.45, 7) is 6.00. The van der Waals surface area contributed by atoms with Gasteiger partial charge in [0.15, 0.2) is 5.65 Å². The van der Waals surface area contributed by atoms with Crippen LogP contribution in [-0.4, -0.2) is 39.1 Å². The first-order valence-corrected chi connectivity index (χ1v) is 11.6. The molecule has 4 aromatic heterocycles. The van der Waals surface area contributed by atoms with Gasteiger partial charge in [-0.3, -0.25) is 14.0 Å². The van der Waals surface area contributed by atoms with Crippen LogP contribution in [0, 0.1) is 5.82 Å². The summed E-state index contributed by atoms with van der Waals surface area (Å²) in [6, 6.07) is 3.86. The molecule has 1 aliphatic rings. The van der Waals surface area contributed by atoms with E-state index in [1.54, 1.807) is 15.4 Å². The van der Waals surface area contributed by atoms with Crippen LogP contribution >= 0.6 is 0 Å². The van der Waals surface area contributed by atoms with E-state index in [2.05, 4.69) is 15.1 Å². The molecule has 0 aliphatic heterocycles. The summed E-state index contributed by atoms with van der Waals surface area (Å²) in [6.07, 6.45) is 6.80. The van der Waals surface area contributed by atoms with Gasteiger partial charge in [-0.25, -0.2) is 24.0 Å². The maximum Gasteiger partial charge on any atom is 0.261 e. The Morgan fingerprint density at radius 3 is 2.69 bits per heavy atom. The number of rotatable bonds is 5. The Kier molecular flexibility index (Phi) is 4.70. The summed E-state index contributed by atoms with van der Waals surface area (Å²) in [5.41, 5.74) is 8.41. The van der Waals surface area contributed by atoms with Crippen LogP contribution in [0.2, 0.25) is 0 Å². The van der Waals surface area contributed by atoms with Crippen molar-refractivity contribution in [3.05, 3.63) is 58.9 Å². The summed E-state index contributed by atoms with van der Waals surface area (Å²) in [4.78, 5) is 26.9. The lowest BCUT2D eigenvalue weighted by Crippen LogP contribution is -2.28. The minimum atomic E-state index is -0.462. The van der Waals surface area contributed by atoms with Crippen LogP contribution in [-0.2, 0) is 0 Å². The van der Waals surface area contributed by atoms with E-state index in [1.165, 1.54) is 24.5 Å². The van der Waals surface area contributed by atoms with Crippen molar-refractivity contribution in [2.45, 2.75) is 51.7 Å². The monoisotopic (exact) mass is 473 g/mol. The molecular weight excluding hydrogens is 449 g/mol. The summed E-state index contributed by atoms with van der Waals surface area (Å²) in [7, 11) is 0. The predicted molar refractivity (Wildman–Crippen MR) is 129 cm³/mol. The molecule has 11 heteroatoms. The average Bonchev–Trinajstić information content (AvgIpc) is 3.39. The molecule has 35 heavy (non-hydrogen) atoms. The summed E-state index contributed by atoms with van der Waals surface area (Å²) < 4.78 is 19.1. The van der Waals surface area contributed by atoms with Crippen molar-refractivity contribution in [3.8, 4) is 11.3 Å². The first-order chi connectivity index (χ1) is 16.8. The van der Waals surface area contributed by atoms with Crippen molar-refractivity contribution < 1.29 is 4.39 Å². The van der Waals surface area contributed by atoms with Gasteiger partial charge in [-0.2, -0.15) is 10.2 Å². The van der Waals surface area contributed by atoms with E-state index in [9.17, 15) is 9.18 Å². The van der Waals surface area contributed by atoms with Gasteiger partial charge < -0.3 is 5.73 Å². The average molecular weight is 474 g/mol. The molecule has 1 saturated carbocycles. The summed E-state index contributed by atoms with van der Waals surface area (Å²) in [5, 5.41) is 10.2. The number of nitrogen functional groups attached to an aromatic ring is 1. The van der Waals surface area contributed by atoms with Crippen LogP contribution < -0.4 is 11.3 Å². The molecule has 1 aromatic carbocycles. The first kappa shape index (κ1) is 21.4. The van der Waals surface area contributed by atoms with E-state index in [4.69, 9.17) is 15.8 Å². The van der Waals surface area contributed by atoms with E-state index in [0.717, 1.165) is 18.4 Å². The molecule has 1 aliphatic carbocycles. The van der Waals surface area contributed by atoms with Gasteiger partial charge in [0.05, 0.1) is 22.5 Å². The number of nitrogens with two attached hydrogens (primary N) is 1. The minimum absolute atomic E-state index is 0.0328. The Hall–Kier alpha value is -4.15. The van der Waals surface area contributed by atoms with Crippen LogP contribution in [0.15, 0.2) is 41.7 Å². The Bertz CT molecular complexity index is 1660. The van der Waals surface area contributed by atoms with E-state index in [-0.39, 0.29) is 23.0 Å². The summed E-state index contributed by atoms with van der Waals surface area (Å²) in [5.74, 6) is 0.390. The number of aromatic nitrogens is 8. The van der Waals surface area contributed by atoms with Gasteiger partial charge in [-0.15, -0.1) is 0 Å². The second-order valence-electron chi connectivity index (χ2n) is 9.27. The molecule has 5 aromatic rings. The van der Waals surface area contributed by atoms with E-state index in [0.29, 0.717) is 33.9 Å². The maximum absolute atomic E-state index is 13.9. The lowest BCUT2D eigenvalue weighted by Gasteiger charge is -2.19. The molecule has 0 saturated heterocycles. The topological polar surface area (TPSA) is 122 Å². The fourth-order valence-corrected chi connectivity index (χ4v) is 4.49. The van der Waals surface area contributed by atoms with Gasteiger partial charge in [0, 0.05) is 23.8 Å². The van der Waals surface area contributed by atoms with Crippen molar-refractivity contribution in [1.82, 2.24) is 39.1 Å². The third-order valence-electron chi connectivity index (χ3n) is 6.46. The third-order valence-corrected chi connectivity index (χ3v) is 6.46. The van der Waals surface area contributed by atoms with Gasteiger partial charge >= 0.3 is 0 Å². The fraction of sp³-hybridized carbons (Fsp3) is 0.333. The zero-order valence-corrected chi connectivity index (χ0v) is 19.6. The highest BCUT2D eigenvalue weighted by atomic mass is 19.1. The van der Waals surface area contributed by atoms with E-state index in [1.807, 2.05) is 31.6 Å². The second-order valence-corrected chi connectivity index (χ2v) is 9.27. The Balaban J connectivity index is 1.58. The largest absolute Gasteiger partial charge is 0.383 e. The third kappa shape index (κ3) is 3.37. The van der Waals surface area contributed by atoms with Crippen molar-refractivity contribution in [2.75, 3.05) is 5.73 Å². The molecular formula is C24H24FN9O. The molecule has 2 N–H and O–H groups in total. The van der Waals surface area contributed by atoms with Crippen LogP contribution in [0.3, 0.4) is 0 Å². The van der Waals surface area contributed by atoms with E-state index < -0.39 is 11.9 Å². The van der Waals surface area contributed by atoms with Crippen molar-refractivity contribution in [1.29, 1.82) is 0 Å². The molecule has 1 fully saturated rings. The zero-order chi connectivity index (χ0) is 24.4. The van der Waals surface area contributed by atoms with Crippen LogP contribution in [0.5, 0.6) is 0 Å². The van der Waals surface area contributed by atoms with Crippen molar-refractivity contribution in [2.24, 2.45) is 0 Å². The first-order valence-electron chi connectivity index (χ1n) is 11.6. The standard InChI is InChI=1S/C24H24FN9O/c1-12(2)32-10-14(9-29-32)20-19-21(26)27-11-28-23(19)34(31-20)13(3)22-30-18-7-4-15(25)8-17(18)24(35)33(22)16-5-6-16/h4,7-13,16H,5-6H2,1-3H3,(H2,26,27,28)/t13-/m0/s1. The molecule has 0 amide bonds. The minimum Gasteiger partial charge on any atom is -0.383 e. The molecule has 1 atom stereocenters. The number of anilines is 1. The molecule has 0 radical (unpaired) electrons. The zero-order valence-electron chi connectivity index (χ0n) is 19.6. The number of hydrogen-bond donors (Lipinski definition) is 1. The molecule has 178 valence electrons. The Morgan fingerprint density at radius 1 is 1.17 bits per heavy atom. The van der Waals surface area contributed by atoms with Crippen LogP contribution in [0.1, 0.15) is 57.6 Å². The Morgan fingerprint density at radius 2 is 1.97 bits per heavy atom. The van der Waals surface area contributed by atoms with Gasteiger partial charge in [-0.1, -0.05) is 0 Å². The highest BCUT2D eigenvalue weighted by Crippen LogP contribution is 2.38. The fourth-order valence-electron chi connectivity index (χ4n) is 4.49. The Labute approximate surface area is 199 Å². The van der Waals surface area contributed by atoms with Gasteiger partial charge in [-0.05, 0) is 51.8 Å². The van der Waals surface area contributed by atoms with Crippen LogP contribution in [0.25, 0.3) is 33.2 Å². The van der Waals surface area contributed by atoms with E-state index >= 15 is 0 Å². The van der Waals surface area contributed by atoms with Gasteiger partial charge in [0.1, 0.15) is 35.5 Å². The van der Waals surface area contributed by atoms with Crippen LogP contribution in [0.4, 0.5) is 10.2 Å². The van der Waals surface area contributed by atoms with Crippen molar-refractivity contribution >= 4 is 27.8 Å². The number of fused-ring (bicyclic) bond motifs is 2. The summed E-state index contributed by atoms with van der Waals surface area (Å²) >= 11 is 0. The highest BCUT2D eigenvalue weighted by molar-refractivity contribution is 5.98. The lowest BCUT2D eigenvalue weighted by atomic mass is 10.2. The highest BCUT2D eigenvalue weighted by Gasteiger charge is 2.32. The van der Waals surface area contributed by atoms with Gasteiger partial charge in [0.25, 0.3) is 5.56 Å². The lowest BCUT2D eigenvalue weighted by molar-refractivity contribution is 0.502. The normalized spacial score (nSPS) is 14.9. The van der Waals surface area contributed by atoms with Gasteiger partial charge in [0.2, 0.25) is 0 Å². The molecule has 0 bridgehead atoms. The number of halogens is 1. The number of benzene rings is 1. The number of hydrogen-bond acceptors (Lipinski definition) is 7. The smallest absolute Gasteiger partial charge is 0.261 e. The number of nitrogens with zero attached hydrogens (tertiary/aromatic N) is 8. The maximum atomic E-state index is 13.9. The molecule has 0 spiro atoms. The quantitative estimate of drug-likeness (QED) is 0.413. The SMILES string of the molecule is CC(C)n1cc(-c2nn([C@@H](C)c3nc4ccc(F)cc4c(=O)n3C3CC3)c3ncnc(N)c23)cn1.